The molecule has 5 heteroatoms. The summed E-state index contributed by atoms with van der Waals surface area (Å²) in [5.74, 6) is 0.318. The average molecular weight is 175 g/mol. The van der Waals surface area contributed by atoms with Crippen LogP contribution < -0.4 is 5.32 Å². The summed E-state index contributed by atoms with van der Waals surface area (Å²) < 4.78 is 25.7. The van der Waals surface area contributed by atoms with Gasteiger partial charge in [-0.1, -0.05) is 6.08 Å². The predicted octanol–water partition coefficient (Wildman–Crippen LogP) is -0.0366. The third-order valence-electron chi connectivity index (χ3n) is 1.01. The highest BCUT2D eigenvalue weighted by Gasteiger charge is 2.05. The number of hydrogen-bond acceptors (Lipinski definition) is 4. The van der Waals surface area contributed by atoms with Crippen LogP contribution in [0.4, 0.5) is 0 Å². The summed E-state index contributed by atoms with van der Waals surface area (Å²) >= 11 is 0. The van der Waals surface area contributed by atoms with E-state index in [1.54, 1.807) is 12.2 Å². The first-order valence-corrected chi connectivity index (χ1v) is 4.89. The van der Waals surface area contributed by atoms with Crippen molar-refractivity contribution in [2.45, 2.75) is 0 Å². The van der Waals surface area contributed by atoms with Crippen LogP contribution >= 0.6 is 0 Å². The Morgan fingerprint density at radius 2 is 2.36 bits per heavy atom. The molecule has 0 aliphatic carbocycles. The second-order valence-corrected chi connectivity index (χ2v) is 3.72. The molecule has 0 aromatic rings. The molecule has 0 saturated carbocycles. The Morgan fingerprint density at radius 3 is 2.82 bits per heavy atom. The average Bonchev–Trinajstić information content (AvgIpc) is 1.85. The fourth-order valence-corrected chi connectivity index (χ4v) is 1.13. The van der Waals surface area contributed by atoms with Crippen LogP contribution in [0, 0.1) is 0 Å². The lowest BCUT2D eigenvalue weighted by molar-refractivity contribution is 0.420. The van der Waals surface area contributed by atoms with E-state index in [0.717, 1.165) is 6.26 Å². The van der Waals surface area contributed by atoms with Gasteiger partial charge in [0.15, 0.2) is 5.76 Å². The van der Waals surface area contributed by atoms with Crippen LogP contribution in [0.2, 0.25) is 0 Å². The third-order valence-corrected chi connectivity index (χ3v) is 1.50. The quantitative estimate of drug-likeness (QED) is 0.598. The molecular weight excluding hydrogens is 166 g/mol. The molecule has 11 heavy (non-hydrogen) atoms. The van der Waals surface area contributed by atoms with E-state index in [-0.39, 0.29) is 0 Å². The standard InChI is InChI=1S/C6H9NO3S/c1-11(8,9)10-6-3-2-4-7-5-6/h2-3,5,7H,4H2,1H3. The maximum atomic E-state index is 10.6. The second kappa shape index (κ2) is 2.96. The van der Waals surface area contributed by atoms with Crippen molar-refractivity contribution in [3.8, 4) is 0 Å². The molecule has 4 nitrogen and oxygen atoms in total. The Morgan fingerprint density at radius 1 is 1.64 bits per heavy atom. The van der Waals surface area contributed by atoms with Gasteiger partial charge in [0.2, 0.25) is 0 Å². The van der Waals surface area contributed by atoms with E-state index >= 15 is 0 Å². The van der Waals surface area contributed by atoms with E-state index in [9.17, 15) is 8.42 Å². The number of allylic oxidation sites excluding steroid dienone is 1. The summed E-state index contributed by atoms with van der Waals surface area (Å²) in [6.45, 7) is 0.705. The first-order valence-electron chi connectivity index (χ1n) is 3.07. The van der Waals surface area contributed by atoms with Crippen LogP contribution in [0.3, 0.4) is 0 Å². The number of dihydropyridines is 1. The largest absolute Gasteiger partial charge is 0.384 e. The van der Waals surface area contributed by atoms with Crippen LogP contribution in [-0.2, 0) is 14.3 Å². The molecule has 0 amide bonds. The van der Waals surface area contributed by atoms with Gasteiger partial charge in [0.05, 0.1) is 6.26 Å². The van der Waals surface area contributed by atoms with Crippen molar-refractivity contribution in [3.63, 3.8) is 0 Å². The molecule has 0 bridgehead atoms. The summed E-state index contributed by atoms with van der Waals surface area (Å²) in [5.41, 5.74) is 0. The maximum Gasteiger partial charge on any atom is 0.306 e. The molecule has 1 N–H and O–H groups in total. The number of nitrogens with one attached hydrogen (secondary N) is 1. The lowest BCUT2D eigenvalue weighted by Gasteiger charge is -2.07. The fraction of sp³-hybridized carbons (Fsp3) is 0.333. The highest BCUT2D eigenvalue weighted by Crippen LogP contribution is 2.04. The van der Waals surface area contributed by atoms with Crippen LogP contribution in [0.25, 0.3) is 0 Å². The maximum absolute atomic E-state index is 10.6. The minimum atomic E-state index is -3.38. The fourth-order valence-electron chi connectivity index (χ4n) is 0.677. The second-order valence-electron chi connectivity index (χ2n) is 2.14. The van der Waals surface area contributed by atoms with Crippen LogP contribution in [0.1, 0.15) is 0 Å². The van der Waals surface area contributed by atoms with Crippen LogP contribution in [-0.4, -0.2) is 21.2 Å². The molecule has 0 atom stereocenters. The van der Waals surface area contributed by atoms with E-state index in [1.807, 2.05) is 0 Å². The van der Waals surface area contributed by atoms with Gasteiger partial charge in [0, 0.05) is 12.7 Å². The topological polar surface area (TPSA) is 55.4 Å². The van der Waals surface area contributed by atoms with E-state index in [1.165, 1.54) is 6.20 Å². The molecule has 0 spiro atoms. The lowest BCUT2D eigenvalue weighted by Crippen LogP contribution is -2.12. The van der Waals surface area contributed by atoms with E-state index in [0.29, 0.717) is 12.3 Å². The SMILES string of the molecule is CS(=O)(=O)OC1=CNCC=C1. The first-order chi connectivity index (χ1) is 5.08. The normalized spacial score (nSPS) is 17.0. The molecule has 1 rings (SSSR count). The molecule has 0 saturated heterocycles. The van der Waals surface area contributed by atoms with Crippen LogP contribution in [0.5, 0.6) is 0 Å². The van der Waals surface area contributed by atoms with Crippen LogP contribution in [0.15, 0.2) is 24.1 Å². The van der Waals surface area contributed by atoms with Crippen molar-refractivity contribution in [1.29, 1.82) is 0 Å². The predicted molar refractivity (Wildman–Crippen MR) is 41.2 cm³/mol. The Kier molecular flexibility index (Phi) is 2.19. The Hall–Kier alpha value is -0.970. The molecule has 1 heterocycles. The zero-order valence-corrected chi connectivity index (χ0v) is 6.89. The van der Waals surface area contributed by atoms with Gasteiger partial charge >= 0.3 is 10.1 Å². The van der Waals surface area contributed by atoms with Crippen molar-refractivity contribution in [2.24, 2.45) is 0 Å². The zero-order chi connectivity index (χ0) is 8.32. The van der Waals surface area contributed by atoms with E-state index in [2.05, 4.69) is 9.50 Å². The highest BCUT2D eigenvalue weighted by atomic mass is 32.2. The smallest absolute Gasteiger partial charge is 0.306 e. The highest BCUT2D eigenvalue weighted by molar-refractivity contribution is 7.86. The Bertz CT molecular complexity index is 289. The molecule has 0 unspecified atom stereocenters. The summed E-state index contributed by atoms with van der Waals surface area (Å²) in [6.07, 6.45) is 5.91. The molecule has 0 fully saturated rings. The molecule has 62 valence electrons. The van der Waals surface area contributed by atoms with Crippen molar-refractivity contribution in [3.05, 3.63) is 24.1 Å². The molecule has 1 aliphatic heterocycles. The van der Waals surface area contributed by atoms with Gasteiger partial charge < -0.3 is 9.50 Å². The van der Waals surface area contributed by atoms with Gasteiger partial charge in [-0.25, -0.2) is 0 Å². The van der Waals surface area contributed by atoms with Crippen molar-refractivity contribution >= 4 is 10.1 Å². The van der Waals surface area contributed by atoms with Gasteiger partial charge in [0.1, 0.15) is 0 Å². The van der Waals surface area contributed by atoms with Gasteiger partial charge in [-0.05, 0) is 6.08 Å². The van der Waals surface area contributed by atoms with Gasteiger partial charge in [-0.3, -0.25) is 0 Å². The van der Waals surface area contributed by atoms with Gasteiger partial charge in [-0.15, -0.1) is 0 Å². The minimum absolute atomic E-state index is 0.318. The zero-order valence-electron chi connectivity index (χ0n) is 6.07. The molecule has 0 aromatic heterocycles. The number of rotatable bonds is 2. The number of hydrogen-bond donors (Lipinski definition) is 1. The van der Waals surface area contributed by atoms with Crippen molar-refractivity contribution in [2.75, 3.05) is 12.8 Å². The van der Waals surface area contributed by atoms with Gasteiger partial charge in [-0.2, -0.15) is 8.42 Å². The summed E-state index contributed by atoms with van der Waals surface area (Å²) in [5, 5.41) is 2.82. The summed E-state index contributed by atoms with van der Waals surface area (Å²) in [4.78, 5) is 0. The monoisotopic (exact) mass is 175 g/mol. The van der Waals surface area contributed by atoms with Crippen molar-refractivity contribution in [1.82, 2.24) is 5.32 Å². The third kappa shape index (κ3) is 3.08. The van der Waals surface area contributed by atoms with E-state index < -0.39 is 10.1 Å². The molecular formula is C6H9NO3S. The molecule has 1 aliphatic rings. The summed E-state index contributed by atoms with van der Waals surface area (Å²) in [6, 6.07) is 0. The Labute approximate surface area is 65.7 Å². The Balaban J connectivity index is 2.64. The van der Waals surface area contributed by atoms with Crippen molar-refractivity contribution < 1.29 is 12.6 Å². The minimum Gasteiger partial charge on any atom is -0.384 e. The van der Waals surface area contributed by atoms with E-state index in [4.69, 9.17) is 0 Å². The van der Waals surface area contributed by atoms with Gasteiger partial charge in [0.25, 0.3) is 0 Å². The molecule has 0 radical (unpaired) electrons. The molecule has 0 aromatic carbocycles. The lowest BCUT2D eigenvalue weighted by atomic mass is 10.4. The summed E-state index contributed by atoms with van der Waals surface area (Å²) in [7, 11) is -3.38. The first kappa shape index (κ1) is 8.13.